The number of hydrogen-bond donors (Lipinski definition) is 0. The minimum absolute atomic E-state index is 0.830. The Kier molecular flexibility index (Phi) is 5.13. The van der Waals surface area contributed by atoms with Gasteiger partial charge in [0.15, 0.2) is 0 Å². The van der Waals surface area contributed by atoms with Crippen molar-refractivity contribution in [3.63, 3.8) is 0 Å². The number of nitrogens with zero attached hydrogens (tertiary/aromatic N) is 5. The molecule has 0 N–H and O–H groups in total. The van der Waals surface area contributed by atoms with E-state index in [1.54, 1.807) is 0 Å². The van der Waals surface area contributed by atoms with E-state index in [4.69, 9.17) is 0 Å². The fraction of sp³-hybridized carbons (Fsp3) is 0. The molecule has 9 aromatic rings. The average molecular weight is 552 g/mol. The molecule has 202 valence electrons. The maximum atomic E-state index is 4.55. The highest BCUT2D eigenvalue weighted by molar-refractivity contribution is 6.10. The van der Waals surface area contributed by atoms with Crippen molar-refractivity contribution in [2.24, 2.45) is 0 Å². The largest absolute Gasteiger partial charge is 0.309 e. The van der Waals surface area contributed by atoms with Crippen molar-refractivity contribution in [2.45, 2.75) is 0 Å². The predicted octanol–water partition coefficient (Wildman–Crippen LogP) is 9.13. The molecule has 3 heterocycles. The minimum Gasteiger partial charge on any atom is -0.309 e. The Hall–Kier alpha value is -5.94. The van der Waals surface area contributed by atoms with Crippen LogP contribution in [0.4, 0.5) is 0 Å². The molecule has 0 bridgehead atoms. The van der Waals surface area contributed by atoms with Crippen molar-refractivity contribution in [1.29, 1.82) is 0 Å². The first kappa shape index (κ1) is 23.7. The van der Waals surface area contributed by atoms with E-state index < -0.39 is 0 Å². The van der Waals surface area contributed by atoms with E-state index in [1.165, 1.54) is 43.6 Å². The van der Waals surface area contributed by atoms with Crippen LogP contribution in [0.15, 0.2) is 152 Å². The predicted molar refractivity (Wildman–Crippen MR) is 175 cm³/mol. The highest BCUT2D eigenvalue weighted by Crippen LogP contribution is 2.34. The van der Waals surface area contributed by atoms with Gasteiger partial charge in [0.1, 0.15) is 5.69 Å². The van der Waals surface area contributed by atoms with Gasteiger partial charge in [0, 0.05) is 38.5 Å². The topological polar surface area (TPSA) is 40.6 Å². The smallest absolute Gasteiger partial charge is 0.113 e. The molecule has 3 aromatic heterocycles. The Morgan fingerprint density at radius 2 is 0.860 bits per heavy atom. The first-order valence-corrected chi connectivity index (χ1v) is 14.4. The summed E-state index contributed by atoms with van der Waals surface area (Å²) in [4.78, 5) is 0. The third-order valence-electron chi connectivity index (χ3n) is 8.43. The van der Waals surface area contributed by atoms with E-state index in [0.29, 0.717) is 0 Å². The molecule has 0 atom stereocenters. The van der Waals surface area contributed by atoms with Gasteiger partial charge in [0.25, 0.3) is 0 Å². The Bertz CT molecular complexity index is 2350. The van der Waals surface area contributed by atoms with Gasteiger partial charge in [-0.2, -0.15) is 0 Å². The van der Waals surface area contributed by atoms with E-state index in [9.17, 15) is 0 Å². The van der Waals surface area contributed by atoms with Crippen LogP contribution in [0.3, 0.4) is 0 Å². The van der Waals surface area contributed by atoms with Crippen LogP contribution in [0.25, 0.3) is 71.9 Å². The molecule has 43 heavy (non-hydrogen) atoms. The molecule has 0 radical (unpaired) electrons. The number of hydrogen-bond acceptors (Lipinski definition) is 2. The molecule has 0 fully saturated rings. The molecule has 5 nitrogen and oxygen atoms in total. The molecule has 9 rings (SSSR count). The lowest BCUT2D eigenvalue weighted by molar-refractivity contribution is 0.803. The fourth-order valence-corrected chi connectivity index (χ4v) is 6.48. The van der Waals surface area contributed by atoms with Gasteiger partial charge in [0.05, 0.1) is 34.0 Å². The van der Waals surface area contributed by atoms with Crippen molar-refractivity contribution in [3.05, 3.63) is 152 Å². The van der Waals surface area contributed by atoms with Gasteiger partial charge in [0.2, 0.25) is 0 Å². The molecular weight excluding hydrogens is 526 g/mol. The summed E-state index contributed by atoms with van der Waals surface area (Å²) in [6, 6.07) is 51.3. The van der Waals surface area contributed by atoms with Gasteiger partial charge in [-0.05, 0) is 54.6 Å². The van der Waals surface area contributed by atoms with Crippen molar-refractivity contribution in [1.82, 2.24) is 24.1 Å². The molecule has 0 amide bonds. The summed E-state index contributed by atoms with van der Waals surface area (Å²) < 4.78 is 6.50. The highest BCUT2D eigenvalue weighted by atomic mass is 15.4. The third kappa shape index (κ3) is 3.65. The number of rotatable bonds is 4. The van der Waals surface area contributed by atoms with Crippen LogP contribution < -0.4 is 0 Å². The molecule has 0 aliphatic carbocycles. The number of fused-ring (bicyclic) bond motifs is 6. The van der Waals surface area contributed by atoms with Crippen LogP contribution in [0, 0.1) is 0 Å². The summed E-state index contributed by atoms with van der Waals surface area (Å²) in [5.41, 5.74) is 9.78. The van der Waals surface area contributed by atoms with Gasteiger partial charge < -0.3 is 9.13 Å². The summed E-state index contributed by atoms with van der Waals surface area (Å²) in [6.45, 7) is 0. The van der Waals surface area contributed by atoms with E-state index in [2.05, 4.69) is 165 Å². The van der Waals surface area contributed by atoms with E-state index in [1.807, 2.05) is 10.9 Å². The second-order valence-electron chi connectivity index (χ2n) is 10.9. The molecule has 5 heteroatoms. The van der Waals surface area contributed by atoms with Gasteiger partial charge in [-0.1, -0.05) is 96.2 Å². The van der Waals surface area contributed by atoms with E-state index in [0.717, 1.165) is 28.3 Å². The standard InChI is InChI=1S/C38H25N5/c1-5-16-35-30(12-1)31-13-2-6-17-36(31)42(35)27-22-20-26(21-23-27)34-25-41(40-39-34)28-10-9-11-29(24-28)43-37-18-7-3-14-32(37)33-15-4-8-19-38(33)43/h1-25H. The van der Waals surface area contributed by atoms with E-state index in [-0.39, 0.29) is 0 Å². The van der Waals surface area contributed by atoms with Gasteiger partial charge >= 0.3 is 0 Å². The first-order valence-electron chi connectivity index (χ1n) is 14.4. The third-order valence-corrected chi connectivity index (χ3v) is 8.43. The zero-order valence-corrected chi connectivity index (χ0v) is 23.2. The van der Waals surface area contributed by atoms with Crippen molar-refractivity contribution in [2.75, 3.05) is 0 Å². The van der Waals surface area contributed by atoms with Crippen LogP contribution in [0.5, 0.6) is 0 Å². The lowest BCUT2D eigenvalue weighted by Crippen LogP contribution is -1.99. The quantitative estimate of drug-likeness (QED) is 0.219. The zero-order valence-electron chi connectivity index (χ0n) is 23.2. The van der Waals surface area contributed by atoms with E-state index >= 15 is 0 Å². The maximum absolute atomic E-state index is 4.55. The number of aromatic nitrogens is 5. The Labute approximate surface area is 247 Å². The lowest BCUT2D eigenvalue weighted by atomic mass is 10.1. The van der Waals surface area contributed by atoms with Crippen LogP contribution in [0.1, 0.15) is 0 Å². The summed E-state index contributed by atoms with van der Waals surface area (Å²) >= 11 is 0. The normalized spacial score (nSPS) is 11.7. The Balaban J connectivity index is 1.09. The first-order chi connectivity index (χ1) is 21.3. The second-order valence-corrected chi connectivity index (χ2v) is 10.9. The monoisotopic (exact) mass is 551 g/mol. The molecular formula is C38H25N5. The molecule has 0 spiro atoms. The minimum atomic E-state index is 0.830. The van der Waals surface area contributed by atoms with Gasteiger partial charge in [-0.25, -0.2) is 4.68 Å². The lowest BCUT2D eigenvalue weighted by Gasteiger charge is -2.10. The summed E-state index contributed by atoms with van der Waals surface area (Å²) in [5, 5.41) is 14.1. The Morgan fingerprint density at radius 1 is 0.395 bits per heavy atom. The second kappa shape index (κ2) is 9.29. The summed E-state index contributed by atoms with van der Waals surface area (Å²) in [5.74, 6) is 0. The Morgan fingerprint density at radius 3 is 1.40 bits per heavy atom. The van der Waals surface area contributed by atoms with Crippen LogP contribution >= 0.6 is 0 Å². The molecule has 0 unspecified atom stereocenters. The molecule has 0 saturated heterocycles. The number of para-hydroxylation sites is 4. The summed E-state index contributed by atoms with van der Waals surface area (Å²) in [6.07, 6.45) is 2.00. The zero-order chi connectivity index (χ0) is 28.3. The van der Waals surface area contributed by atoms with Crippen molar-refractivity contribution in [3.8, 4) is 28.3 Å². The van der Waals surface area contributed by atoms with Crippen molar-refractivity contribution < 1.29 is 0 Å². The molecule has 0 aliphatic rings. The van der Waals surface area contributed by atoms with Crippen molar-refractivity contribution >= 4 is 43.6 Å². The van der Waals surface area contributed by atoms with Gasteiger partial charge in [-0.15, -0.1) is 5.10 Å². The average Bonchev–Trinajstić information content (AvgIpc) is 3.78. The molecule has 0 saturated carbocycles. The fourth-order valence-electron chi connectivity index (χ4n) is 6.48. The molecule has 6 aromatic carbocycles. The molecule has 0 aliphatic heterocycles. The SMILES string of the molecule is c1cc(-n2cc(-c3ccc(-n4c5ccccc5c5ccccc54)cc3)nn2)cc(-n2c3ccccc3c3ccccc32)c1. The van der Waals surface area contributed by atoms with Crippen LogP contribution in [-0.4, -0.2) is 24.1 Å². The van der Waals surface area contributed by atoms with Crippen LogP contribution in [-0.2, 0) is 0 Å². The summed E-state index contributed by atoms with van der Waals surface area (Å²) in [7, 11) is 0. The van der Waals surface area contributed by atoms with Gasteiger partial charge in [-0.3, -0.25) is 0 Å². The number of benzene rings is 6. The van der Waals surface area contributed by atoms with Crippen LogP contribution in [0.2, 0.25) is 0 Å². The highest BCUT2D eigenvalue weighted by Gasteiger charge is 2.14. The maximum Gasteiger partial charge on any atom is 0.113 e.